The molecule has 1 saturated heterocycles. The van der Waals surface area contributed by atoms with Crippen LogP contribution in [0.25, 0.3) is 0 Å². The zero-order valence-electron chi connectivity index (χ0n) is 9.20. The highest BCUT2D eigenvalue weighted by Crippen LogP contribution is 1.92. The predicted octanol–water partition coefficient (Wildman–Crippen LogP) is -2.25. The number of carbonyl (C=O) groups excluding carboxylic acids is 3. The molecule has 0 aromatic rings. The summed E-state index contributed by atoms with van der Waals surface area (Å²) in [5.74, 6) is -0.990. The van der Waals surface area contributed by atoms with Gasteiger partial charge < -0.3 is 15.4 Å². The van der Waals surface area contributed by atoms with Gasteiger partial charge >= 0.3 is 5.97 Å². The van der Waals surface area contributed by atoms with E-state index in [9.17, 15) is 14.4 Å². The third kappa shape index (κ3) is 3.20. The molecule has 3 N–H and O–H groups in total. The number of nitrogens with one attached hydrogen (secondary N) is 3. The first-order valence-corrected chi connectivity index (χ1v) is 4.93. The van der Waals surface area contributed by atoms with Crippen LogP contribution in [-0.4, -0.2) is 50.1 Å². The minimum Gasteiger partial charge on any atom is -0.467 e. The summed E-state index contributed by atoms with van der Waals surface area (Å²) >= 11 is 0. The zero-order valence-corrected chi connectivity index (χ0v) is 9.20. The van der Waals surface area contributed by atoms with Gasteiger partial charge in [-0.25, -0.2) is 4.79 Å². The molecule has 16 heavy (non-hydrogen) atoms. The van der Waals surface area contributed by atoms with Gasteiger partial charge in [0.05, 0.1) is 13.7 Å². The summed E-state index contributed by atoms with van der Waals surface area (Å²) in [5.41, 5.74) is 0. The van der Waals surface area contributed by atoms with E-state index in [1.165, 1.54) is 14.0 Å². The van der Waals surface area contributed by atoms with Gasteiger partial charge in [0.25, 0.3) is 0 Å². The molecule has 0 bridgehead atoms. The van der Waals surface area contributed by atoms with E-state index in [1.54, 1.807) is 0 Å². The Morgan fingerprint density at radius 3 is 2.75 bits per heavy atom. The molecule has 90 valence electrons. The van der Waals surface area contributed by atoms with Crippen molar-refractivity contribution in [3.8, 4) is 0 Å². The summed E-state index contributed by atoms with van der Waals surface area (Å²) in [6, 6.07) is -1.21. The third-order valence-electron chi connectivity index (χ3n) is 2.24. The van der Waals surface area contributed by atoms with Crippen molar-refractivity contribution in [2.45, 2.75) is 19.0 Å². The molecule has 0 aromatic carbocycles. The Hall–Kier alpha value is -1.63. The summed E-state index contributed by atoms with van der Waals surface area (Å²) < 4.78 is 4.47. The Morgan fingerprint density at radius 2 is 2.25 bits per heavy atom. The molecule has 1 heterocycles. The van der Waals surface area contributed by atoms with Crippen molar-refractivity contribution in [3.05, 3.63) is 0 Å². The predicted molar refractivity (Wildman–Crippen MR) is 54.4 cm³/mol. The van der Waals surface area contributed by atoms with Gasteiger partial charge in [0.2, 0.25) is 11.8 Å². The SMILES string of the molecule is COC(=O)C(C)NC(=O)C1CNC(=O)CN1. The normalized spacial score (nSPS) is 21.9. The number of ether oxygens (including phenoxy) is 1. The van der Waals surface area contributed by atoms with Crippen molar-refractivity contribution in [1.82, 2.24) is 16.0 Å². The number of rotatable bonds is 3. The number of methoxy groups -OCH3 is 1. The Labute approximate surface area is 92.9 Å². The van der Waals surface area contributed by atoms with Crippen LogP contribution in [0.5, 0.6) is 0 Å². The molecule has 1 aliphatic heterocycles. The fourth-order valence-corrected chi connectivity index (χ4v) is 1.30. The van der Waals surface area contributed by atoms with E-state index < -0.39 is 18.1 Å². The van der Waals surface area contributed by atoms with Crippen molar-refractivity contribution in [1.29, 1.82) is 0 Å². The lowest BCUT2D eigenvalue weighted by Crippen LogP contribution is -2.59. The van der Waals surface area contributed by atoms with E-state index in [4.69, 9.17) is 0 Å². The molecule has 0 aromatic heterocycles. The maximum absolute atomic E-state index is 11.6. The second-order valence-corrected chi connectivity index (χ2v) is 3.49. The lowest BCUT2D eigenvalue weighted by atomic mass is 10.2. The highest BCUT2D eigenvalue weighted by atomic mass is 16.5. The number of piperazine rings is 1. The summed E-state index contributed by atoms with van der Waals surface area (Å²) in [4.78, 5) is 33.5. The van der Waals surface area contributed by atoms with E-state index in [-0.39, 0.29) is 24.9 Å². The molecule has 2 unspecified atom stereocenters. The van der Waals surface area contributed by atoms with Crippen molar-refractivity contribution in [2.24, 2.45) is 0 Å². The van der Waals surface area contributed by atoms with Crippen molar-refractivity contribution in [3.63, 3.8) is 0 Å². The van der Waals surface area contributed by atoms with Crippen molar-refractivity contribution in [2.75, 3.05) is 20.2 Å². The lowest BCUT2D eigenvalue weighted by molar-refractivity contribution is -0.145. The molecular formula is C9H15N3O4. The molecule has 2 atom stereocenters. The van der Waals surface area contributed by atoms with Gasteiger partial charge in [-0.2, -0.15) is 0 Å². The molecule has 1 rings (SSSR count). The van der Waals surface area contributed by atoms with Crippen molar-refractivity contribution >= 4 is 17.8 Å². The summed E-state index contributed by atoms with van der Waals surface area (Å²) in [6.07, 6.45) is 0. The van der Waals surface area contributed by atoms with Gasteiger partial charge in [0.1, 0.15) is 12.1 Å². The van der Waals surface area contributed by atoms with E-state index in [2.05, 4.69) is 20.7 Å². The number of hydrogen-bond acceptors (Lipinski definition) is 5. The van der Waals surface area contributed by atoms with Gasteiger partial charge in [0, 0.05) is 6.54 Å². The Kier molecular flexibility index (Phi) is 4.24. The minimum atomic E-state index is -0.697. The summed E-state index contributed by atoms with van der Waals surface area (Å²) in [7, 11) is 1.25. The van der Waals surface area contributed by atoms with E-state index in [0.29, 0.717) is 0 Å². The highest BCUT2D eigenvalue weighted by Gasteiger charge is 2.26. The van der Waals surface area contributed by atoms with E-state index in [1.807, 2.05) is 0 Å². The number of carbonyl (C=O) groups is 3. The van der Waals surface area contributed by atoms with Crippen LogP contribution in [-0.2, 0) is 19.1 Å². The maximum Gasteiger partial charge on any atom is 0.328 e. The minimum absolute atomic E-state index is 0.102. The number of esters is 1. The smallest absolute Gasteiger partial charge is 0.328 e. The van der Waals surface area contributed by atoms with Crippen LogP contribution in [0.4, 0.5) is 0 Å². The highest BCUT2D eigenvalue weighted by molar-refractivity contribution is 5.89. The molecule has 0 saturated carbocycles. The average molecular weight is 229 g/mol. The fourth-order valence-electron chi connectivity index (χ4n) is 1.30. The largest absolute Gasteiger partial charge is 0.467 e. The molecule has 7 heteroatoms. The molecular weight excluding hydrogens is 214 g/mol. The van der Waals surface area contributed by atoms with Gasteiger partial charge in [0.15, 0.2) is 0 Å². The second kappa shape index (κ2) is 5.45. The first kappa shape index (κ1) is 12.4. The Morgan fingerprint density at radius 1 is 1.56 bits per heavy atom. The molecule has 7 nitrogen and oxygen atoms in total. The lowest BCUT2D eigenvalue weighted by Gasteiger charge is -2.24. The van der Waals surface area contributed by atoms with Crippen LogP contribution >= 0.6 is 0 Å². The quantitative estimate of drug-likeness (QED) is 0.475. The Balaban J connectivity index is 2.40. The molecule has 1 aliphatic rings. The standard InChI is InChI=1S/C9H15N3O4/c1-5(9(15)16-2)12-8(14)6-3-11-7(13)4-10-6/h5-6,10H,3-4H2,1-2H3,(H,11,13)(H,12,14). The molecule has 0 aliphatic carbocycles. The number of amides is 2. The Bertz CT molecular complexity index is 295. The maximum atomic E-state index is 11.6. The molecule has 0 radical (unpaired) electrons. The van der Waals surface area contributed by atoms with Gasteiger partial charge in [-0.1, -0.05) is 0 Å². The average Bonchev–Trinajstić information content (AvgIpc) is 2.28. The van der Waals surface area contributed by atoms with Gasteiger partial charge in [-0.05, 0) is 6.92 Å². The fraction of sp³-hybridized carbons (Fsp3) is 0.667. The second-order valence-electron chi connectivity index (χ2n) is 3.49. The molecule has 2 amide bonds. The number of hydrogen-bond donors (Lipinski definition) is 3. The topological polar surface area (TPSA) is 96.5 Å². The van der Waals surface area contributed by atoms with Crippen LogP contribution < -0.4 is 16.0 Å². The van der Waals surface area contributed by atoms with Gasteiger partial charge in [-0.15, -0.1) is 0 Å². The first-order chi connectivity index (χ1) is 7.54. The van der Waals surface area contributed by atoms with Gasteiger partial charge in [-0.3, -0.25) is 14.9 Å². The molecule has 0 spiro atoms. The third-order valence-corrected chi connectivity index (χ3v) is 2.24. The summed E-state index contributed by atoms with van der Waals surface area (Å²) in [5, 5.41) is 7.79. The summed E-state index contributed by atoms with van der Waals surface area (Å²) in [6.45, 7) is 1.86. The van der Waals surface area contributed by atoms with Crippen LogP contribution in [0.1, 0.15) is 6.92 Å². The van der Waals surface area contributed by atoms with Crippen LogP contribution in [0.2, 0.25) is 0 Å². The van der Waals surface area contributed by atoms with E-state index in [0.717, 1.165) is 0 Å². The van der Waals surface area contributed by atoms with E-state index >= 15 is 0 Å². The van der Waals surface area contributed by atoms with Crippen molar-refractivity contribution < 1.29 is 19.1 Å². The monoisotopic (exact) mass is 229 g/mol. The van der Waals surface area contributed by atoms with Crippen LogP contribution in [0.3, 0.4) is 0 Å². The first-order valence-electron chi connectivity index (χ1n) is 4.93. The molecule has 1 fully saturated rings. The van der Waals surface area contributed by atoms with Crippen LogP contribution in [0.15, 0.2) is 0 Å². The van der Waals surface area contributed by atoms with Crippen LogP contribution in [0, 0.1) is 0 Å². The zero-order chi connectivity index (χ0) is 12.1.